The van der Waals surface area contributed by atoms with Crippen molar-refractivity contribution in [2.45, 2.75) is 18.9 Å². The van der Waals surface area contributed by atoms with Crippen molar-refractivity contribution in [2.24, 2.45) is 0 Å². The van der Waals surface area contributed by atoms with Crippen molar-refractivity contribution in [1.29, 1.82) is 0 Å². The molecule has 0 saturated heterocycles. The van der Waals surface area contributed by atoms with Crippen LogP contribution in [0.1, 0.15) is 13.8 Å². The van der Waals surface area contributed by atoms with Crippen LogP contribution in [-0.4, -0.2) is 96.2 Å². The van der Waals surface area contributed by atoms with Gasteiger partial charge in [-0.15, -0.1) is 0 Å². The Morgan fingerprint density at radius 3 is 1.67 bits per heavy atom. The van der Waals surface area contributed by atoms with Crippen molar-refractivity contribution in [1.82, 2.24) is 0 Å². The van der Waals surface area contributed by atoms with Crippen molar-refractivity contribution in [3.8, 4) is 0 Å². The summed E-state index contributed by atoms with van der Waals surface area (Å²) in [6, 6.07) is 0. The number of carbonyl (C=O) groups is 2. The molecular formula is C5H10BrCsO5. The molecule has 1 unspecified atom stereocenters. The van der Waals surface area contributed by atoms with Crippen LogP contribution in [0.5, 0.6) is 0 Å². The zero-order chi connectivity index (χ0) is 9.44. The number of hydrogen-bond donors (Lipinski definition) is 2. The van der Waals surface area contributed by atoms with Crippen LogP contribution in [0.2, 0.25) is 0 Å². The molecule has 0 amide bonds. The van der Waals surface area contributed by atoms with E-state index in [1.165, 1.54) is 6.92 Å². The molecule has 0 radical (unpaired) electrons. The van der Waals surface area contributed by atoms with E-state index in [0.29, 0.717) is 0 Å². The molecule has 0 aromatic rings. The van der Waals surface area contributed by atoms with Gasteiger partial charge in [-0.1, -0.05) is 0 Å². The maximum atomic E-state index is 10.0. The second-order valence-corrected chi connectivity index (χ2v) is 2.72. The summed E-state index contributed by atoms with van der Waals surface area (Å²) < 4.78 is 4.53. The quantitative estimate of drug-likeness (QED) is 0.534. The molecule has 68 valence electrons. The van der Waals surface area contributed by atoms with Crippen molar-refractivity contribution in [3.05, 3.63) is 0 Å². The zero-order valence-electron chi connectivity index (χ0n) is 6.07. The second-order valence-electron chi connectivity index (χ2n) is 1.44. The monoisotopic (exact) mass is 362 g/mol. The number of carbonyl (C=O) groups excluding carboxylic acids is 1. The van der Waals surface area contributed by atoms with Gasteiger partial charge in [0.2, 0.25) is 0 Å². The van der Waals surface area contributed by atoms with E-state index in [-0.39, 0.29) is 79.9 Å². The molecular weight excluding hydrogens is 353 g/mol. The summed E-state index contributed by atoms with van der Waals surface area (Å²) in [5.74, 6) is -0.260. The van der Waals surface area contributed by atoms with E-state index in [0.717, 1.165) is 0 Å². The van der Waals surface area contributed by atoms with Gasteiger partial charge < -0.3 is 14.9 Å². The summed E-state index contributed by atoms with van der Waals surface area (Å²) >= 11 is 3.03. The number of alkyl halides is 1. The molecule has 0 bridgehead atoms. The number of rotatable bonds is 1. The molecule has 0 aliphatic rings. The van der Waals surface area contributed by atoms with Gasteiger partial charge in [-0.3, -0.25) is 4.79 Å². The molecule has 2 N–H and O–H groups in total. The Bertz CT molecular complexity index is 134. The molecule has 12 heavy (non-hydrogen) atoms. The Hall–Kier alpha value is 1.27. The first-order valence-corrected chi connectivity index (χ1v) is 3.51. The van der Waals surface area contributed by atoms with E-state index in [1.54, 1.807) is 6.92 Å². The molecule has 7 heteroatoms. The SMILES string of the molecule is CC(=O)OC(C)Br.O=C(O)O.[CsH]. The molecule has 0 aromatic carbocycles. The normalized spacial score (nSPS) is 9.58. The van der Waals surface area contributed by atoms with Gasteiger partial charge in [0.15, 0.2) is 5.01 Å². The Balaban J connectivity index is -0.000000142. The van der Waals surface area contributed by atoms with E-state index < -0.39 is 6.16 Å². The van der Waals surface area contributed by atoms with Gasteiger partial charge in [-0.2, -0.15) is 0 Å². The predicted molar refractivity (Wildman–Crippen MR) is 48.0 cm³/mol. The molecule has 0 aromatic heterocycles. The minimum atomic E-state index is -1.83. The second kappa shape index (κ2) is 12.3. The van der Waals surface area contributed by atoms with Gasteiger partial charge >= 0.3 is 81.0 Å². The van der Waals surface area contributed by atoms with Crippen molar-refractivity contribution < 1.29 is 24.5 Å². The van der Waals surface area contributed by atoms with Crippen LogP contribution in [0.15, 0.2) is 0 Å². The van der Waals surface area contributed by atoms with Crippen LogP contribution in [0.25, 0.3) is 0 Å². The average Bonchev–Trinajstić information content (AvgIpc) is 1.56. The van der Waals surface area contributed by atoms with Gasteiger partial charge in [0.1, 0.15) is 0 Å². The molecule has 1 atom stereocenters. The first-order chi connectivity index (χ1) is 4.86. The zero-order valence-corrected chi connectivity index (χ0v) is 7.66. The molecule has 5 nitrogen and oxygen atoms in total. The molecule has 0 rings (SSSR count). The third-order valence-electron chi connectivity index (χ3n) is 0.328. The summed E-state index contributed by atoms with van der Waals surface area (Å²) in [7, 11) is 0. The molecule has 0 fully saturated rings. The number of ether oxygens (including phenoxy) is 1. The third-order valence-corrected chi connectivity index (χ3v) is 0.515. The van der Waals surface area contributed by atoms with E-state index in [2.05, 4.69) is 20.7 Å². The van der Waals surface area contributed by atoms with E-state index in [4.69, 9.17) is 15.0 Å². The van der Waals surface area contributed by atoms with Gasteiger partial charge in [0, 0.05) is 6.92 Å². The predicted octanol–water partition coefficient (Wildman–Crippen LogP) is 0.864. The van der Waals surface area contributed by atoms with Crippen molar-refractivity contribution in [2.75, 3.05) is 0 Å². The molecule has 0 heterocycles. The number of hydrogen-bond acceptors (Lipinski definition) is 3. The Labute approximate surface area is 137 Å². The first kappa shape index (κ1) is 18.9. The number of esters is 1. The summed E-state index contributed by atoms with van der Waals surface area (Å²) in [6.45, 7) is 3.11. The maximum absolute atomic E-state index is 10.0. The third kappa shape index (κ3) is 42.8. The molecule has 0 spiro atoms. The average molecular weight is 363 g/mol. The van der Waals surface area contributed by atoms with E-state index >= 15 is 0 Å². The summed E-state index contributed by atoms with van der Waals surface area (Å²) in [5.41, 5.74) is 0. The topological polar surface area (TPSA) is 83.8 Å². The number of carboxylic acid groups (broad SMARTS) is 2. The Morgan fingerprint density at radius 1 is 1.42 bits per heavy atom. The molecule has 0 aliphatic heterocycles. The van der Waals surface area contributed by atoms with Gasteiger partial charge in [-0.05, 0) is 22.9 Å². The standard InChI is InChI=1S/C4H7BrO2.CH2O3.Cs.H/c1-3(5)7-4(2)6;2-1(3)4;;/h3H,1-2H3;(H2,2,3,4);;. The Morgan fingerprint density at radius 2 is 1.67 bits per heavy atom. The van der Waals surface area contributed by atoms with Gasteiger partial charge in [-0.25, -0.2) is 4.79 Å². The summed E-state index contributed by atoms with van der Waals surface area (Å²) in [6.07, 6.45) is -1.83. The fourth-order valence-electron chi connectivity index (χ4n) is 0.229. The fraction of sp³-hybridized carbons (Fsp3) is 0.600. The van der Waals surface area contributed by atoms with Crippen molar-refractivity contribution in [3.63, 3.8) is 0 Å². The summed E-state index contributed by atoms with van der Waals surface area (Å²) in [5, 5.41) is 13.8. The number of halogens is 1. The van der Waals surface area contributed by atoms with Gasteiger partial charge in [0.05, 0.1) is 0 Å². The van der Waals surface area contributed by atoms with E-state index in [1.807, 2.05) is 0 Å². The first-order valence-electron chi connectivity index (χ1n) is 2.59. The van der Waals surface area contributed by atoms with Crippen LogP contribution >= 0.6 is 15.9 Å². The van der Waals surface area contributed by atoms with Gasteiger partial charge in [0.25, 0.3) is 0 Å². The molecule has 0 saturated carbocycles. The van der Waals surface area contributed by atoms with Crippen LogP contribution in [-0.2, 0) is 9.53 Å². The van der Waals surface area contributed by atoms with Crippen LogP contribution < -0.4 is 0 Å². The van der Waals surface area contributed by atoms with Crippen molar-refractivity contribution >= 4 is 96.9 Å². The molecule has 0 aliphatic carbocycles. The summed E-state index contributed by atoms with van der Waals surface area (Å²) in [4.78, 5) is 18.6. The Kier molecular flexibility index (Phi) is 19.4. The minimum absolute atomic E-state index is 0. The fourth-order valence-corrected chi connectivity index (χ4v) is 0.492. The van der Waals surface area contributed by atoms with E-state index in [9.17, 15) is 4.79 Å². The van der Waals surface area contributed by atoms with Crippen LogP contribution in [0.4, 0.5) is 4.79 Å². The van der Waals surface area contributed by atoms with Crippen LogP contribution in [0, 0.1) is 0 Å². The van der Waals surface area contributed by atoms with Crippen LogP contribution in [0.3, 0.4) is 0 Å².